The summed E-state index contributed by atoms with van der Waals surface area (Å²) in [6.45, 7) is 6.98. The molecule has 2 saturated heterocycles. The summed E-state index contributed by atoms with van der Waals surface area (Å²) in [6.07, 6.45) is 6.02. The maximum absolute atomic E-state index is 11.4. The van der Waals surface area contributed by atoms with E-state index in [1.165, 1.54) is 0 Å². The van der Waals surface area contributed by atoms with E-state index in [0.29, 0.717) is 5.92 Å². The average molecular weight is 326 g/mol. The van der Waals surface area contributed by atoms with Crippen molar-refractivity contribution in [2.75, 3.05) is 44.2 Å². The Bertz CT molecular complexity index is 498. The molecule has 1 N–H and O–H groups in total. The number of amides is 1. The second-order valence-electron chi connectivity index (χ2n) is 5.82. The van der Waals surface area contributed by atoms with Crippen molar-refractivity contribution in [3.05, 3.63) is 18.1 Å². The largest absolute Gasteiger partial charge is 0.352 e. The zero-order chi connectivity index (χ0) is 14.7. The van der Waals surface area contributed by atoms with E-state index in [9.17, 15) is 4.79 Å². The number of piperazine rings is 1. The Morgan fingerprint density at radius 3 is 2.50 bits per heavy atom. The van der Waals surface area contributed by atoms with Gasteiger partial charge in [-0.3, -0.25) is 9.78 Å². The van der Waals surface area contributed by atoms with Crippen molar-refractivity contribution < 1.29 is 4.79 Å². The summed E-state index contributed by atoms with van der Waals surface area (Å²) in [5.41, 5.74) is 1.11. The van der Waals surface area contributed by atoms with Crippen molar-refractivity contribution in [2.24, 2.45) is 0 Å². The van der Waals surface area contributed by atoms with Crippen LogP contribution >= 0.6 is 12.4 Å². The molecule has 2 aliphatic heterocycles. The number of rotatable bonds is 2. The lowest BCUT2D eigenvalue weighted by molar-refractivity contribution is -0.129. The van der Waals surface area contributed by atoms with Crippen LogP contribution in [0.5, 0.6) is 0 Å². The molecule has 1 aromatic rings. The van der Waals surface area contributed by atoms with E-state index in [1.807, 2.05) is 17.3 Å². The van der Waals surface area contributed by atoms with Gasteiger partial charge in [-0.2, -0.15) is 0 Å². The minimum Gasteiger partial charge on any atom is -0.352 e. The molecule has 0 bridgehead atoms. The van der Waals surface area contributed by atoms with E-state index in [0.717, 1.165) is 63.6 Å². The molecule has 6 nitrogen and oxygen atoms in total. The Morgan fingerprint density at radius 2 is 1.86 bits per heavy atom. The van der Waals surface area contributed by atoms with Crippen LogP contribution in [0.3, 0.4) is 0 Å². The monoisotopic (exact) mass is 325 g/mol. The second kappa shape index (κ2) is 7.74. The summed E-state index contributed by atoms with van der Waals surface area (Å²) in [7, 11) is 0. The molecule has 0 aliphatic carbocycles. The number of nitrogens with zero attached hydrogens (tertiary/aromatic N) is 4. The zero-order valence-corrected chi connectivity index (χ0v) is 13.8. The molecule has 0 aromatic carbocycles. The van der Waals surface area contributed by atoms with E-state index in [-0.39, 0.29) is 18.3 Å². The molecule has 22 heavy (non-hydrogen) atoms. The van der Waals surface area contributed by atoms with E-state index in [2.05, 4.69) is 15.2 Å². The third-order valence-corrected chi connectivity index (χ3v) is 4.45. The standard InChI is InChI=1S/C15H23N5O.ClH/c1-12(21)19-6-8-20(9-7-19)15-11-17-10-14(18-15)13-2-4-16-5-3-13;/h10-11,13,16H,2-9H2,1H3;1H. The molecule has 0 unspecified atom stereocenters. The molecule has 0 atom stereocenters. The summed E-state index contributed by atoms with van der Waals surface area (Å²) >= 11 is 0. The normalized spacial score (nSPS) is 19.7. The van der Waals surface area contributed by atoms with Gasteiger partial charge in [-0.05, 0) is 25.9 Å². The molecule has 2 fully saturated rings. The van der Waals surface area contributed by atoms with Gasteiger partial charge in [-0.25, -0.2) is 4.98 Å². The van der Waals surface area contributed by atoms with Gasteiger partial charge in [0, 0.05) is 45.2 Å². The van der Waals surface area contributed by atoms with Crippen molar-refractivity contribution in [3.63, 3.8) is 0 Å². The Labute approximate surface area is 137 Å². The summed E-state index contributed by atoms with van der Waals surface area (Å²) in [5.74, 6) is 1.63. The van der Waals surface area contributed by atoms with Crippen LogP contribution < -0.4 is 10.2 Å². The first-order chi connectivity index (χ1) is 10.2. The second-order valence-corrected chi connectivity index (χ2v) is 5.82. The molecular weight excluding hydrogens is 302 g/mol. The third-order valence-electron chi connectivity index (χ3n) is 4.45. The van der Waals surface area contributed by atoms with Crippen molar-refractivity contribution in [1.82, 2.24) is 20.2 Å². The lowest BCUT2D eigenvalue weighted by Gasteiger charge is -2.35. The molecular formula is C15H24ClN5O. The Kier molecular flexibility index (Phi) is 5.97. The van der Waals surface area contributed by atoms with E-state index >= 15 is 0 Å². The average Bonchev–Trinajstić information content (AvgIpc) is 2.56. The van der Waals surface area contributed by atoms with Crippen molar-refractivity contribution in [1.29, 1.82) is 0 Å². The number of aromatic nitrogens is 2. The van der Waals surface area contributed by atoms with Crippen LogP contribution in [0.4, 0.5) is 5.82 Å². The fraction of sp³-hybridized carbons (Fsp3) is 0.667. The highest BCUT2D eigenvalue weighted by Gasteiger charge is 2.22. The van der Waals surface area contributed by atoms with Gasteiger partial charge in [0.25, 0.3) is 0 Å². The van der Waals surface area contributed by atoms with Crippen LogP contribution in [-0.2, 0) is 4.79 Å². The van der Waals surface area contributed by atoms with Crippen LogP contribution in [0.2, 0.25) is 0 Å². The molecule has 0 saturated carbocycles. The molecule has 1 amide bonds. The zero-order valence-electron chi connectivity index (χ0n) is 13.0. The van der Waals surface area contributed by atoms with Gasteiger partial charge >= 0.3 is 0 Å². The number of nitrogens with one attached hydrogen (secondary N) is 1. The van der Waals surface area contributed by atoms with Crippen LogP contribution in [0.15, 0.2) is 12.4 Å². The Hall–Kier alpha value is -1.40. The van der Waals surface area contributed by atoms with Gasteiger partial charge in [0.05, 0.1) is 11.9 Å². The van der Waals surface area contributed by atoms with Crippen LogP contribution in [0, 0.1) is 0 Å². The molecule has 3 heterocycles. The number of halogens is 1. The topological polar surface area (TPSA) is 61.4 Å². The fourth-order valence-corrected chi connectivity index (χ4v) is 3.09. The first-order valence-corrected chi connectivity index (χ1v) is 7.77. The highest BCUT2D eigenvalue weighted by molar-refractivity contribution is 5.85. The van der Waals surface area contributed by atoms with Gasteiger partial charge in [-0.1, -0.05) is 0 Å². The molecule has 0 spiro atoms. The Morgan fingerprint density at radius 1 is 1.18 bits per heavy atom. The van der Waals surface area contributed by atoms with E-state index in [4.69, 9.17) is 4.98 Å². The Balaban J connectivity index is 0.00000176. The summed E-state index contributed by atoms with van der Waals surface area (Å²) in [4.78, 5) is 24.7. The number of carbonyl (C=O) groups excluding carboxylic acids is 1. The van der Waals surface area contributed by atoms with Crippen molar-refractivity contribution in [3.8, 4) is 0 Å². The van der Waals surface area contributed by atoms with Crippen molar-refractivity contribution in [2.45, 2.75) is 25.7 Å². The number of carbonyl (C=O) groups is 1. The maximum Gasteiger partial charge on any atom is 0.219 e. The molecule has 7 heteroatoms. The van der Waals surface area contributed by atoms with Crippen molar-refractivity contribution >= 4 is 24.1 Å². The van der Waals surface area contributed by atoms with Crippen LogP contribution in [0.25, 0.3) is 0 Å². The molecule has 3 rings (SSSR count). The van der Waals surface area contributed by atoms with Gasteiger partial charge in [-0.15, -0.1) is 12.4 Å². The van der Waals surface area contributed by atoms with E-state index in [1.54, 1.807) is 6.92 Å². The first kappa shape index (κ1) is 17.0. The summed E-state index contributed by atoms with van der Waals surface area (Å²) in [5, 5.41) is 3.38. The predicted molar refractivity (Wildman–Crippen MR) is 88.6 cm³/mol. The highest BCUT2D eigenvalue weighted by Crippen LogP contribution is 2.24. The smallest absolute Gasteiger partial charge is 0.219 e. The minimum absolute atomic E-state index is 0. The number of anilines is 1. The first-order valence-electron chi connectivity index (χ1n) is 7.77. The number of hydrogen-bond acceptors (Lipinski definition) is 5. The number of hydrogen-bond donors (Lipinski definition) is 1. The van der Waals surface area contributed by atoms with Gasteiger partial charge < -0.3 is 15.1 Å². The molecule has 1 aromatic heterocycles. The predicted octanol–water partition coefficient (Wildman–Crippen LogP) is 1.03. The minimum atomic E-state index is 0. The maximum atomic E-state index is 11.4. The van der Waals surface area contributed by atoms with Gasteiger partial charge in [0.1, 0.15) is 5.82 Å². The highest BCUT2D eigenvalue weighted by atomic mass is 35.5. The van der Waals surface area contributed by atoms with Gasteiger partial charge in [0.2, 0.25) is 5.91 Å². The lowest BCUT2D eigenvalue weighted by Crippen LogP contribution is -2.48. The quantitative estimate of drug-likeness (QED) is 0.880. The van der Waals surface area contributed by atoms with Gasteiger partial charge in [0.15, 0.2) is 0 Å². The number of piperidine rings is 1. The molecule has 0 radical (unpaired) electrons. The summed E-state index contributed by atoms with van der Waals surface area (Å²) in [6, 6.07) is 0. The fourth-order valence-electron chi connectivity index (χ4n) is 3.09. The molecule has 122 valence electrons. The SMILES string of the molecule is CC(=O)N1CCN(c2cncc(C3CCNCC3)n2)CC1.Cl. The molecule has 2 aliphatic rings. The lowest BCUT2D eigenvalue weighted by atomic mass is 9.95. The van der Waals surface area contributed by atoms with Crippen LogP contribution in [0.1, 0.15) is 31.4 Å². The van der Waals surface area contributed by atoms with Crippen LogP contribution in [-0.4, -0.2) is 60.0 Å². The van der Waals surface area contributed by atoms with E-state index < -0.39 is 0 Å². The summed E-state index contributed by atoms with van der Waals surface area (Å²) < 4.78 is 0. The third kappa shape index (κ3) is 3.87.